The average molecular weight is 299 g/mol. The van der Waals surface area contributed by atoms with Crippen LogP contribution in [0.4, 0.5) is 10.1 Å². The molecule has 0 unspecified atom stereocenters. The normalized spacial score (nSPS) is 14.7. The molecule has 0 atom stereocenters. The molecule has 1 heterocycles. The van der Waals surface area contributed by atoms with E-state index in [1.165, 1.54) is 12.1 Å². The molecular formula is C17H14FNO3. The fourth-order valence-electron chi connectivity index (χ4n) is 2.40. The number of anilines is 1. The van der Waals surface area contributed by atoms with E-state index < -0.39 is 0 Å². The number of rotatable bonds is 3. The number of carbonyl (C=O) groups excluding carboxylic acids is 1. The van der Waals surface area contributed by atoms with E-state index in [2.05, 4.69) is 5.32 Å². The van der Waals surface area contributed by atoms with Crippen LogP contribution in [0.2, 0.25) is 0 Å². The quantitative estimate of drug-likeness (QED) is 0.884. The summed E-state index contributed by atoms with van der Waals surface area (Å²) in [7, 11) is 3.11. The minimum absolute atomic E-state index is 0.265. The lowest BCUT2D eigenvalue weighted by Crippen LogP contribution is -2.03. The number of hydrogen-bond donors (Lipinski definition) is 1. The third kappa shape index (κ3) is 2.41. The first kappa shape index (κ1) is 14.1. The zero-order valence-corrected chi connectivity index (χ0v) is 12.1. The maximum atomic E-state index is 13.4. The van der Waals surface area contributed by atoms with E-state index in [1.54, 1.807) is 44.6 Å². The van der Waals surface area contributed by atoms with Crippen LogP contribution in [0.15, 0.2) is 36.4 Å². The molecule has 0 saturated carbocycles. The van der Waals surface area contributed by atoms with E-state index in [0.717, 1.165) is 0 Å². The Kier molecular flexibility index (Phi) is 3.55. The number of amides is 1. The van der Waals surface area contributed by atoms with Crippen LogP contribution in [0.3, 0.4) is 0 Å². The van der Waals surface area contributed by atoms with Gasteiger partial charge in [0.25, 0.3) is 5.91 Å². The van der Waals surface area contributed by atoms with Crippen molar-refractivity contribution in [3.05, 3.63) is 53.3 Å². The number of benzene rings is 2. The summed E-state index contributed by atoms with van der Waals surface area (Å²) in [4.78, 5) is 12.1. The SMILES string of the molecule is COc1ccc(/C=C2/C(=O)Nc3ccc(F)cc32)c(OC)c1. The number of fused-ring (bicyclic) bond motifs is 1. The molecule has 5 heteroatoms. The van der Waals surface area contributed by atoms with E-state index in [0.29, 0.717) is 33.9 Å². The van der Waals surface area contributed by atoms with E-state index in [1.807, 2.05) is 0 Å². The van der Waals surface area contributed by atoms with Gasteiger partial charge in [0, 0.05) is 28.5 Å². The highest BCUT2D eigenvalue weighted by Gasteiger charge is 2.24. The van der Waals surface area contributed by atoms with Crippen molar-refractivity contribution in [1.29, 1.82) is 0 Å². The van der Waals surface area contributed by atoms with Crippen LogP contribution < -0.4 is 14.8 Å². The molecule has 1 aliphatic rings. The fraction of sp³-hybridized carbons (Fsp3) is 0.118. The molecule has 0 aliphatic carbocycles. The van der Waals surface area contributed by atoms with Crippen LogP contribution in [-0.2, 0) is 4.79 Å². The van der Waals surface area contributed by atoms with Crippen molar-refractivity contribution >= 4 is 23.2 Å². The summed E-state index contributed by atoms with van der Waals surface area (Å²) in [6, 6.07) is 9.50. The van der Waals surface area contributed by atoms with Crippen molar-refractivity contribution in [2.75, 3.05) is 19.5 Å². The second-order valence-corrected chi connectivity index (χ2v) is 4.81. The van der Waals surface area contributed by atoms with Gasteiger partial charge in [-0.15, -0.1) is 0 Å². The minimum atomic E-state index is -0.386. The van der Waals surface area contributed by atoms with Crippen LogP contribution in [-0.4, -0.2) is 20.1 Å². The van der Waals surface area contributed by atoms with Gasteiger partial charge in [-0.25, -0.2) is 4.39 Å². The third-order valence-electron chi connectivity index (χ3n) is 3.51. The number of carbonyl (C=O) groups is 1. The summed E-state index contributed by atoms with van der Waals surface area (Å²) in [6.07, 6.45) is 1.68. The highest BCUT2D eigenvalue weighted by molar-refractivity contribution is 6.35. The van der Waals surface area contributed by atoms with E-state index in [-0.39, 0.29) is 11.7 Å². The third-order valence-corrected chi connectivity index (χ3v) is 3.51. The number of ether oxygens (including phenoxy) is 2. The maximum absolute atomic E-state index is 13.4. The van der Waals surface area contributed by atoms with Gasteiger partial charge in [-0.3, -0.25) is 4.79 Å². The summed E-state index contributed by atoms with van der Waals surface area (Å²) in [5, 5.41) is 2.72. The van der Waals surface area contributed by atoms with Crippen molar-refractivity contribution < 1.29 is 18.7 Å². The Morgan fingerprint density at radius 3 is 2.64 bits per heavy atom. The largest absolute Gasteiger partial charge is 0.497 e. The topological polar surface area (TPSA) is 47.6 Å². The second-order valence-electron chi connectivity index (χ2n) is 4.81. The lowest BCUT2D eigenvalue weighted by molar-refractivity contribution is -0.110. The molecule has 0 fully saturated rings. The van der Waals surface area contributed by atoms with Gasteiger partial charge in [0.15, 0.2) is 0 Å². The molecule has 4 nitrogen and oxygen atoms in total. The van der Waals surface area contributed by atoms with Crippen molar-refractivity contribution in [3.8, 4) is 11.5 Å². The molecule has 0 radical (unpaired) electrons. The molecule has 2 aromatic carbocycles. The van der Waals surface area contributed by atoms with Gasteiger partial charge < -0.3 is 14.8 Å². The van der Waals surface area contributed by atoms with Gasteiger partial charge in [-0.05, 0) is 36.4 Å². The number of halogens is 1. The van der Waals surface area contributed by atoms with Gasteiger partial charge in [0.1, 0.15) is 17.3 Å². The van der Waals surface area contributed by atoms with Crippen LogP contribution in [0.25, 0.3) is 11.6 Å². The number of hydrogen-bond acceptors (Lipinski definition) is 3. The van der Waals surface area contributed by atoms with E-state index in [9.17, 15) is 9.18 Å². The summed E-state index contributed by atoms with van der Waals surface area (Å²) >= 11 is 0. The van der Waals surface area contributed by atoms with Crippen LogP contribution >= 0.6 is 0 Å². The molecule has 3 rings (SSSR count). The molecular weight excluding hydrogens is 285 g/mol. The molecule has 1 N–H and O–H groups in total. The predicted molar refractivity (Wildman–Crippen MR) is 82.4 cm³/mol. The smallest absolute Gasteiger partial charge is 0.256 e. The zero-order valence-electron chi connectivity index (χ0n) is 12.1. The standard InChI is InChI=1S/C17H14FNO3/c1-21-12-5-3-10(16(9-12)22-2)7-14-13-8-11(18)4-6-15(13)19-17(14)20/h3-9H,1-2H3,(H,19,20)/b14-7+. The summed E-state index contributed by atoms with van der Waals surface area (Å²) in [5.74, 6) is 0.576. The summed E-state index contributed by atoms with van der Waals surface area (Å²) in [5.41, 5.74) is 2.26. The summed E-state index contributed by atoms with van der Waals surface area (Å²) < 4.78 is 23.9. The fourth-order valence-corrected chi connectivity index (χ4v) is 2.40. The Morgan fingerprint density at radius 2 is 1.91 bits per heavy atom. The zero-order chi connectivity index (χ0) is 15.7. The molecule has 0 saturated heterocycles. The Balaban J connectivity index is 2.10. The number of nitrogens with one attached hydrogen (secondary N) is 1. The average Bonchev–Trinajstić information content (AvgIpc) is 2.83. The Morgan fingerprint density at radius 1 is 1.09 bits per heavy atom. The molecule has 1 aliphatic heterocycles. The van der Waals surface area contributed by atoms with Gasteiger partial charge in [-0.2, -0.15) is 0 Å². The number of methoxy groups -OCH3 is 2. The van der Waals surface area contributed by atoms with Crippen molar-refractivity contribution in [1.82, 2.24) is 0 Å². The van der Waals surface area contributed by atoms with E-state index >= 15 is 0 Å². The first-order valence-electron chi connectivity index (χ1n) is 6.67. The molecule has 112 valence electrons. The van der Waals surface area contributed by atoms with Gasteiger partial charge in [0.05, 0.1) is 14.2 Å². The highest BCUT2D eigenvalue weighted by atomic mass is 19.1. The Bertz CT molecular complexity index is 783. The lowest BCUT2D eigenvalue weighted by atomic mass is 10.0. The second kappa shape index (κ2) is 5.52. The Labute approximate surface area is 127 Å². The minimum Gasteiger partial charge on any atom is -0.497 e. The van der Waals surface area contributed by atoms with Crippen molar-refractivity contribution in [2.24, 2.45) is 0 Å². The van der Waals surface area contributed by atoms with Crippen molar-refractivity contribution in [3.63, 3.8) is 0 Å². The Hall–Kier alpha value is -2.82. The molecule has 0 bridgehead atoms. The van der Waals surface area contributed by atoms with Gasteiger partial charge in [0.2, 0.25) is 0 Å². The first-order chi connectivity index (χ1) is 10.6. The van der Waals surface area contributed by atoms with Crippen LogP contribution in [0.1, 0.15) is 11.1 Å². The lowest BCUT2D eigenvalue weighted by Gasteiger charge is -2.08. The van der Waals surface area contributed by atoms with Crippen molar-refractivity contribution in [2.45, 2.75) is 0 Å². The predicted octanol–water partition coefficient (Wildman–Crippen LogP) is 3.34. The molecule has 2 aromatic rings. The van der Waals surface area contributed by atoms with E-state index in [4.69, 9.17) is 9.47 Å². The maximum Gasteiger partial charge on any atom is 0.256 e. The summed E-state index contributed by atoms with van der Waals surface area (Å²) in [6.45, 7) is 0. The molecule has 1 amide bonds. The van der Waals surface area contributed by atoms with Crippen LogP contribution in [0, 0.1) is 5.82 Å². The molecule has 0 spiro atoms. The monoisotopic (exact) mass is 299 g/mol. The van der Waals surface area contributed by atoms with Crippen LogP contribution in [0.5, 0.6) is 11.5 Å². The van der Waals surface area contributed by atoms with Gasteiger partial charge >= 0.3 is 0 Å². The first-order valence-corrected chi connectivity index (χ1v) is 6.67. The molecule has 0 aromatic heterocycles. The molecule has 22 heavy (non-hydrogen) atoms. The van der Waals surface area contributed by atoms with Gasteiger partial charge in [-0.1, -0.05) is 0 Å². The highest BCUT2D eigenvalue weighted by Crippen LogP contribution is 2.35.